The van der Waals surface area contributed by atoms with Gasteiger partial charge >= 0.3 is 0 Å². The smallest absolute Gasteiger partial charge is 0.255 e. The molecule has 0 spiro atoms. The van der Waals surface area contributed by atoms with E-state index in [9.17, 15) is 13.2 Å². The van der Waals surface area contributed by atoms with E-state index in [0.717, 1.165) is 17.6 Å². The molecule has 2 rings (SSSR count). The topological polar surface area (TPSA) is 75.7 Å². The second kappa shape index (κ2) is 7.76. The van der Waals surface area contributed by atoms with Crippen molar-refractivity contribution in [3.05, 3.63) is 58.6 Å². The van der Waals surface area contributed by atoms with Crippen LogP contribution in [0.5, 0.6) is 5.75 Å². The molecule has 0 atom stereocenters. The van der Waals surface area contributed by atoms with Gasteiger partial charge in [0.05, 0.1) is 24.0 Å². The molecule has 0 saturated heterocycles. The van der Waals surface area contributed by atoms with Crippen molar-refractivity contribution >= 4 is 33.2 Å². The number of amides is 1. The lowest BCUT2D eigenvalue weighted by molar-refractivity contribution is 0.0785. The monoisotopic (exact) mass is 382 g/mol. The molecule has 0 unspecified atom stereocenters. The van der Waals surface area contributed by atoms with E-state index in [-0.39, 0.29) is 10.9 Å². The zero-order valence-electron chi connectivity index (χ0n) is 14.1. The third-order valence-electron chi connectivity index (χ3n) is 3.43. The van der Waals surface area contributed by atoms with Gasteiger partial charge in [0.1, 0.15) is 5.75 Å². The highest BCUT2D eigenvalue weighted by Gasteiger charge is 2.16. The summed E-state index contributed by atoms with van der Waals surface area (Å²) in [4.78, 5) is 14.1. The third-order valence-corrected chi connectivity index (χ3v) is 4.35. The highest BCUT2D eigenvalue weighted by Crippen LogP contribution is 2.23. The fraction of sp³-hybridized carbons (Fsp3) is 0.235. The van der Waals surface area contributed by atoms with Gasteiger partial charge in [-0.15, -0.1) is 0 Å². The second-order valence-electron chi connectivity index (χ2n) is 5.58. The Balaban J connectivity index is 2.12. The molecule has 0 aliphatic carbocycles. The number of hydrogen-bond donors (Lipinski definition) is 1. The van der Waals surface area contributed by atoms with Crippen LogP contribution in [0.1, 0.15) is 15.9 Å². The van der Waals surface area contributed by atoms with E-state index in [4.69, 9.17) is 16.3 Å². The molecule has 0 fully saturated rings. The van der Waals surface area contributed by atoms with Crippen LogP contribution >= 0.6 is 11.6 Å². The van der Waals surface area contributed by atoms with Crippen molar-refractivity contribution in [3.8, 4) is 5.75 Å². The van der Waals surface area contributed by atoms with Crippen LogP contribution in [-0.2, 0) is 16.6 Å². The van der Waals surface area contributed by atoms with Crippen LogP contribution in [0.25, 0.3) is 0 Å². The van der Waals surface area contributed by atoms with Crippen molar-refractivity contribution < 1.29 is 17.9 Å². The Hall–Kier alpha value is -2.25. The summed E-state index contributed by atoms with van der Waals surface area (Å²) in [5, 5.41) is 0.181. The van der Waals surface area contributed by atoms with E-state index < -0.39 is 10.0 Å². The lowest BCUT2D eigenvalue weighted by atomic mass is 10.1. The molecule has 0 radical (unpaired) electrons. The van der Waals surface area contributed by atoms with Crippen molar-refractivity contribution in [3.63, 3.8) is 0 Å². The highest BCUT2D eigenvalue weighted by atomic mass is 35.5. The Bertz CT molecular complexity index is 867. The molecule has 0 aliphatic heterocycles. The Morgan fingerprint density at radius 2 is 1.84 bits per heavy atom. The number of carbonyl (C=O) groups excluding carboxylic acids is 1. The van der Waals surface area contributed by atoms with Gasteiger partial charge in [-0.1, -0.05) is 23.7 Å². The predicted octanol–water partition coefficient (Wildman–Crippen LogP) is 2.99. The van der Waals surface area contributed by atoms with Gasteiger partial charge < -0.3 is 9.64 Å². The van der Waals surface area contributed by atoms with Gasteiger partial charge in [-0.25, -0.2) is 8.42 Å². The normalized spacial score (nSPS) is 11.0. The van der Waals surface area contributed by atoms with E-state index >= 15 is 0 Å². The molecule has 0 heterocycles. The molecular weight excluding hydrogens is 364 g/mol. The molecule has 0 aromatic heterocycles. The average molecular weight is 383 g/mol. The summed E-state index contributed by atoms with van der Waals surface area (Å²) in [6.07, 6.45) is 1.04. The van der Waals surface area contributed by atoms with Crippen molar-refractivity contribution in [2.45, 2.75) is 6.54 Å². The molecule has 25 heavy (non-hydrogen) atoms. The summed E-state index contributed by atoms with van der Waals surface area (Å²) in [7, 11) is -0.140. The fourth-order valence-corrected chi connectivity index (χ4v) is 3.06. The van der Waals surface area contributed by atoms with Crippen molar-refractivity contribution in [2.75, 3.05) is 25.1 Å². The van der Waals surface area contributed by atoms with E-state index in [1.807, 2.05) is 24.3 Å². The minimum atomic E-state index is -3.40. The molecule has 2 aromatic carbocycles. The van der Waals surface area contributed by atoms with Crippen LogP contribution in [-0.4, -0.2) is 39.6 Å². The zero-order valence-corrected chi connectivity index (χ0v) is 15.7. The first-order valence-corrected chi connectivity index (χ1v) is 9.62. The maximum absolute atomic E-state index is 12.6. The van der Waals surface area contributed by atoms with Gasteiger partial charge in [-0.2, -0.15) is 0 Å². The minimum Gasteiger partial charge on any atom is -0.497 e. The maximum atomic E-state index is 12.6. The van der Waals surface area contributed by atoms with Crippen LogP contribution < -0.4 is 9.46 Å². The highest BCUT2D eigenvalue weighted by molar-refractivity contribution is 7.92. The number of sulfonamides is 1. The standard InChI is InChI=1S/C17H19ClN2O4S/c1-20(11-12-4-7-14(24-2)8-5-12)17(21)15-9-6-13(10-16(15)18)19-25(3,22)23/h4-10,19H,11H2,1-3H3. The molecule has 2 aromatic rings. The number of carbonyl (C=O) groups is 1. The van der Waals surface area contributed by atoms with Crippen LogP contribution in [0.4, 0.5) is 5.69 Å². The zero-order chi connectivity index (χ0) is 18.6. The Morgan fingerprint density at radius 3 is 2.36 bits per heavy atom. The number of rotatable bonds is 6. The SMILES string of the molecule is COc1ccc(CN(C)C(=O)c2ccc(NS(C)(=O)=O)cc2Cl)cc1. The lowest BCUT2D eigenvalue weighted by Crippen LogP contribution is -2.26. The van der Waals surface area contributed by atoms with Crippen LogP contribution in [0.3, 0.4) is 0 Å². The summed E-state index contributed by atoms with van der Waals surface area (Å²) < 4.78 is 29.9. The van der Waals surface area contributed by atoms with E-state index in [0.29, 0.717) is 17.8 Å². The number of nitrogens with one attached hydrogen (secondary N) is 1. The number of halogens is 1. The number of hydrogen-bond acceptors (Lipinski definition) is 4. The van der Waals surface area contributed by atoms with E-state index in [1.54, 1.807) is 14.2 Å². The first-order chi connectivity index (χ1) is 11.7. The summed E-state index contributed by atoms with van der Waals surface area (Å²) in [5.41, 5.74) is 1.56. The van der Waals surface area contributed by atoms with E-state index in [1.165, 1.54) is 23.1 Å². The van der Waals surface area contributed by atoms with Gasteiger partial charge in [-0.05, 0) is 35.9 Å². The summed E-state index contributed by atoms with van der Waals surface area (Å²) >= 11 is 6.14. The Kier molecular flexibility index (Phi) is 5.92. The van der Waals surface area contributed by atoms with Gasteiger partial charge in [-0.3, -0.25) is 9.52 Å². The summed E-state index contributed by atoms with van der Waals surface area (Å²) in [5.74, 6) is 0.487. The van der Waals surface area contributed by atoms with Crippen molar-refractivity contribution in [2.24, 2.45) is 0 Å². The predicted molar refractivity (Wildman–Crippen MR) is 98.7 cm³/mol. The molecule has 1 N–H and O–H groups in total. The van der Waals surface area contributed by atoms with Gasteiger partial charge in [0.2, 0.25) is 10.0 Å². The summed E-state index contributed by atoms with van der Waals surface area (Å²) in [6.45, 7) is 0.405. The van der Waals surface area contributed by atoms with Gasteiger partial charge in [0.25, 0.3) is 5.91 Å². The number of nitrogens with zero attached hydrogens (tertiary/aromatic N) is 1. The number of benzene rings is 2. The molecule has 1 amide bonds. The first kappa shape index (κ1) is 19.1. The first-order valence-electron chi connectivity index (χ1n) is 7.35. The lowest BCUT2D eigenvalue weighted by Gasteiger charge is -2.18. The Labute approximate surface area is 152 Å². The van der Waals surface area contributed by atoms with Crippen LogP contribution in [0, 0.1) is 0 Å². The van der Waals surface area contributed by atoms with Crippen molar-refractivity contribution in [1.82, 2.24) is 4.90 Å². The van der Waals surface area contributed by atoms with Gasteiger partial charge in [0.15, 0.2) is 0 Å². The molecule has 8 heteroatoms. The molecule has 0 saturated carbocycles. The number of methoxy groups -OCH3 is 1. The fourth-order valence-electron chi connectivity index (χ4n) is 2.25. The molecular formula is C17H19ClN2O4S. The quantitative estimate of drug-likeness (QED) is 0.833. The molecule has 6 nitrogen and oxygen atoms in total. The number of anilines is 1. The number of ether oxygens (including phenoxy) is 1. The van der Waals surface area contributed by atoms with Crippen LogP contribution in [0.15, 0.2) is 42.5 Å². The van der Waals surface area contributed by atoms with Crippen LogP contribution in [0.2, 0.25) is 5.02 Å². The average Bonchev–Trinajstić information content (AvgIpc) is 2.53. The van der Waals surface area contributed by atoms with Crippen molar-refractivity contribution in [1.29, 1.82) is 0 Å². The van der Waals surface area contributed by atoms with E-state index in [2.05, 4.69) is 4.72 Å². The third kappa shape index (κ3) is 5.37. The minimum absolute atomic E-state index is 0.181. The Morgan fingerprint density at radius 1 is 1.20 bits per heavy atom. The van der Waals surface area contributed by atoms with Gasteiger partial charge in [0, 0.05) is 19.3 Å². The summed E-state index contributed by atoms with van der Waals surface area (Å²) in [6, 6.07) is 11.8. The molecule has 0 aliphatic rings. The molecule has 134 valence electrons. The largest absolute Gasteiger partial charge is 0.497 e. The second-order valence-corrected chi connectivity index (χ2v) is 7.73. The maximum Gasteiger partial charge on any atom is 0.255 e. The molecule has 0 bridgehead atoms.